The number of rotatable bonds is 7. The van der Waals surface area contributed by atoms with Crippen molar-refractivity contribution >= 4 is 41.3 Å². The van der Waals surface area contributed by atoms with Gasteiger partial charge in [-0.1, -0.05) is 6.92 Å². The van der Waals surface area contributed by atoms with E-state index in [2.05, 4.69) is 55.4 Å². The third-order valence-electron chi connectivity index (χ3n) is 4.40. The summed E-state index contributed by atoms with van der Waals surface area (Å²) in [5, 5.41) is 6.94. The van der Waals surface area contributed by atoms with Crippen LogP contribution in [0.2, 0.25) is 0 Å². The number of nitrogens with zero attached hydrogens (tertiary/aromatic N) is 2. The van der Waals surface area contributed by atoms with Crippen LogP contribution in [0.25, 0.3) is 0 Å². The molecule has 2 unspecified atom stereocenters. The molecule has 1 aliphatic heterocycles. The number of hydrogen-bond acceptors (Lipinski definition) is 3. The largest absolute Gasteiger partial charge is 0.357 e. The van der Waals surface area contributed by atoms with Gasteiger partial charge in [-0.15, -0.1) is 35.3 Å². The third-order valence-corrected chi connectivity index (χ3v) is 5.42. The number of nitrogens with one attached hydrogen (secondary N) is 2. The molecule has 24 heavy (non-hydrogen) atoms. The lowest BCUT2D eigenvalue weighted by Gasteiger charge is -2.22. The van der Waals surface area contributed by atoms with Crippen molar-refractivity contribution in [2.45, 2.75) is 59.0 Å². The molecule has 0 spiro atoms. The first-order chi connectivity index (χ1) is 11.1. The van der Waals surface area contributed by atoms with Crippen LogP contribution in [0.15, 0.2) is 17.1 Å². The number of guanidine groups is 1. The minimum atomic E-state index is 0. The Labute approximate surface area is 168 Å². The SMILES string of the molecule is CCNC(=NCC1CCCN1CC)NC(C)Cc1ccc(C)s1.I. The standard InChI is InChI=1S/C18H32N4S.HI/c1-5-19-18(20-13-16-8-7-11-22(16)6-2)21-14(3)12-17-10-9-15(4)23-17;/h9-10,14,16H,5-8,11-13H2,1-4H3,(H2,19,20,21);1H. The minimum absolute atomic E-state index is 0. The van der Waals surface area contributed by atoms with E-state index in [-0.39, 0.29) is 24.0 Å². The van der Waals surface area contributed by atoms with Gasteiger partial charge in [0, 0.05) is 34.8 Å². The number of likely N-dealkylation sites (N-methyl/N-ethyl adjacent to an activating group) is 1. The number of thiophene rings is 1. The maximum absolute atomic E-state index is 4.84. The second kappa shape index (κ2) is 11.3. The Hall–Kier alpha value is -0.340. The Balaban J connectivity index is 0.00000288. The molecule has 2 heterocycles. The van der Waals surface area contributed by atoms with Crippen molar-refractivity contribution in [3.63, 3.8) is 0 Å². The van der Waals surface area contributed by atoms with Gasteiger partial charge in [-0.3, -0.25) is 9.89 Å². The summed E-state index contributed by atoms with van der Waals surface area (Å²) in [4.78, 5) is 10.2. The van der Waals surface area contributed by atoms with Gasteiger partial charge in [0.2, 0.25) is 0 Å². The second-order valence-corrected chi connectivity index (χ2v) is 7.78. The zero-order chi connectivity index (χ0) is 16.7. The lowest BCUT2D eigenvalue weighted by Crippen LogP contribution is -2.44. The van der Waals surface area contributed by atoms with Crippen molar-refractivity contribution in [1.29, 1.82) is 0 Å². The summed E-state index contributed by atoms with van der Waals surface area (Å²) in [6.45, 7) is 12.9. The summed E-state index contributed by atoms with van der Waals surface area (Å²) in [5.41, 5.74) is 0. The first kappa shape index (κ1) is 21.7. The maximum Gasteiger partial charge on any atom is 0.191 e. The van der Waals surface area contributed by atoms with Gasteiger partial charge in [0.15, 0.2) is 5.96 Å². The molecule has 0 aliphatic carbocycles. The number of aliphatic imine (C=N–C) groups is 1. The highest BCUT2D eigenvalue weighted by molar-refractivity contribution is 14.0. The van der Waals surface area contributed by atoms with Crippen molar-refractivity contribution in [3.8, 4) is 0 Å². The molecule has 1 aromatic heterocycles. The van der Waals surface area contributed by atoms with Crippen molar-refractivity contribution in [1.82, 2.24) is 15.5 Å². The fraction of sp³-hybridized carbons (Fsp3) is 0.722. The summed E-state index contributed by atoms with van der Waals surface area (Å²) < 4.78 is 0. The molecule has 0 aromatic carbocycles. The first-order valence-corrected chi connectivity index (χ1v) is 9.78. The molecule has 0 amide bonds. The molecule has 1 saturated heterocycles. The lowest BCUT2D eigenvalue weighted by molar-refractivity contribution is 0.273. The summed E-state index contributed by atoms with van der Waals surface area (Å²) in [7, 11) is 0. The summed E-state index contributed by atoms with van der Waals surface area (Å²) in [6, 6.07) is 5.44. The van der Waals surface area contributed by atoms with Crippen LogP contribution in [-0.2, 0) is 6.42 Å². The lowest BCUT2D eigenvalue weighted by atomic mass is 10.2. The average Bonchev–Trinajstić information content (AvgIpc) is 3.13. The molecule has 0 saturated carbocycles. The molecule has 2 rings (SSSR count). The normalized spacial score (nSPS) is 19.8. The third kappa shape index (κ3) is 6.88. The second-order valence-electron chi connectivity index (χ2n) is 6.41. The van der Waals surface area contributed by atoms with E-state index in [9.17, 15) is 0 Å². The van der Waals surface area contributed by atoms with Crippen LogP contribution in [0.4, 0.5) is 0 Å². The van der Waals surface area contributed by atoms with Crippen LogP contribution in [0.3, 0.4) is 0 Å². The van der Waals surface area contributed by atoms with Crippen LogP contribution < -0.4 is 10.6 Å². The Kier molecular flexibility index (Phi) is 10.2. The van der Waals surface area contributed by atoms with Crippen molar-refractivity contribution < 1.29 is 0 Å². The predicted molar refractivity (Wildman–Crippen MR) is 117 cm³/mol. The van der Waals surface area contributed by atoms with E-state index < -0.39 is 0 Å². The van der Waals surface area contributed by atoms with Gasteiger partial charge in [-0.2, -0.15) is 0 Å². The van der Waals surface area contributed by atoms with E-state index in [1.807, 2.05) is 11.3 Å². The number of hydrogen-bond donors (Lipinski definition) is 2. The summed E-state index contributed by atoms with van der Waals surface area (Å²) >= 11 is 1.89. The van der Waals surface area contributed by atoms with Crippen LogP contribution >= 0.6 is 35.3 Å². The Morgan fingerprint density at radius 3 is 2.83 bits per heavy atom. The van der Waals surface area contributed by atoms with Crippen LogP contribution in [0.5, 0.6) is 0 Å². The molecule has 0 radical (unpaired) electrons. The molecule has 1 aliphatic rings. The molecular weight excluding hydrogens is 431 g/mol. The van der Waals surface area contributed by atoms with E-state index in [0.717, 1.165) is 32.0 Å². The number of halogens is 1. The molecule has 4 nitrogen and oxygen atoms in total. The number of likely N-dealkylation sites (tertiary alicyclic amines) is 1. The van der Waals surface area contributed by atoms with E-state index in [0.29, 0.717) is 12.1 Å². The quantitative estimate of drug-likeness (QED) is 0.368. The molecule has 2 atom stereocenters. The fourth-order valence-corrected chi connectivity index (χ4v) is 4.23. The minimum Gasteiger partial charge on any atom is -0.357 e. The zero-order valence-electron chi connectivity index (χ0n) is 15.5. The van der Waals surface area contributed by atoms with Crippen molar-refractivity contribution in [2.75, 3.05) is 26.2 Å². The molecular formula is C18H33IN4S. The topological polar surface area (TPSA) is 39.7 Å². The zero-order valence-corrected chi connectivity index (χ0v) is 18.6. The highest BCUT2D eigenvalue weighted by Crippen LogP contribution is 2.17. The van der Waals surface area contributed by atoms with Crippen LogP contribution in [0.1, 0.15) is 43.4 Å². The monoisotopic (exact) mass is 464 g/mol. The van der Waals surface area contributed by atoms with Gasteiger partial charge < -0.3 is 10.6 Å². The predicted octanol–water partition coefficient (Wildman–Crippen LogP) is 3.64. The average molecular weight is 464 g/mol. The van der Waals surface area contributed by atoms with E-state index in [1.165, 1.54) is 29.1 Å². The van der Waals surface area contributed by atoms with Gasteiger partial charge in [0.25, 0.3) is 0 Å². The van der Waals surface area contributed by atoms with Crippen molar-refractivity contribution in [3.05, 3.63) is 21.9 Å². The molecule has 138 valence electrons. The maximum atomic E-state index is 4.84. The first-order valence-electron chi connectivity index (χ1n) is 8.96. The van der Waals surface area contributed by atoms with E-state index in [4.69, 9.17) is 4.99 Å². The molecule has 6 heteroatoms. The summed E-state index contributed by atoms with van der Waals surface area (Å²) in [5.74, 6) is 0.955. The highest BCUT2D eigenvalue weighted by Gasteiger charge is 2.22. The van der Waals surface area contributed by atoms with Gasteiger partial charge in [0.05, 0.1) is 6.54 Å². The van der Waals surface area contributed by atoms with Gasteiger partial charge in [0.1, 0.15) is 0 Å². The molecule has 1 fully saturated rings. The van der Waals surface area contributed by atoms with Crippen LogP contribution in [0, 0.1) is 6.92 Å². The van der Waals surface area contributed by atoms with Crippen molar-refractivity contribution in [2.24, 2.45) is 4.99 Å². The molecule has 0 bridgehead atoms. The fourth-order valence-electron chi connectivity index (χ4n) is 3.22. The Morgan fingerprint density at radius 1 is 1.42 bits per heavy atom. The van der Waals surface area contributed by atoms with E-state index >= 15 is 0 Å². The van der Waals surface area contributed by atoms with Crippen LogP contribution in [-0.4, -0.2) is 49.1 Å². The van der Waals surface area contributed by atoms with E-state index in [1.54, 1.807) is 0 Å². The number of aryl methyl sites for hydroxylation is 1. The Morgan fingerprint density at radius 2 is 2.21 bits per heavy atom. The molecule has 2 N–H and O–H groups in total. The highest BCUT2D eigenvalue weighted by atomic mass is 127. The van der Waals surface area contributed by atoms with Gasteiger partial charge in [-0.25, -0.2) is 0 Å². The van der Waals surface area contributed by atoms with Gasteiger partial charge in [-0.05, 0) is 58.8 Å². The summed E-state index contributed by atoms with van der Waals surface area (Å²) in [6.07, 6.45) is 3.64. The Bertz CT molecular complexity index is 503. The van der Waals surface area contributed by atoms with Gasteiger partial charge >= 0.3 is 0 Å². The molecule has 1 aromatic rings. The smallest absolute Gasteiger partial charge is 0.191 e.